The minimum absolute atomic E-state index is 0.165. The second-order valence-corrected chi connectivity index (χ2v) is 6.01. The van der Waals surface area contributed by atoms with Crippen LogP contribution >= 0.6 is 27.3 Å². The molecule has 1 aromatic rings. The molecule has 2 rings (SSSR count). The van der Waals surface area contributed by atoms with Gasteiger partial charge in [0.15, 0.2) is 0 Å². The molecule has 1 aliphatic rings. The number of alkyl halides is 1. The quantitative estimate of drug-likeness (QED) is 0.750. The molecule has 1 unspecified atom stereocenters. The number of methoxy groups -OCH3 is 1. The first kappa shape index (κ1) is 10.7. The van der Waals surface area contributed by atoms with Gasteiger partial charge in [0.05, 0.1) is 10.4 Å². The zero-order valence-electron chi connectivity index (χ0n) is 8.33. The smallest absolute Gasteiger partial charge is 0.0693 e. The summed E-state index contributed by atoms with van der Waals surface area (Å²) in [6, 6.07) is 4.29. The molecule has 0 aliphatic heterocycles. The maximum Gasteiger partial charge on any atom is 0.0693 e. The first-order valence-electron chi connectivity index (χ1n) is 4.98. The molecule has 1 nitrogen and oxygen atoms in total. The van der Waals surface area contributed by atoms with Gasteiger partial charge in [-0.2, -0.15) is 0 Å². The predicted molar refractivity (Wildman–Crippen MR) is 64.2 cm³/mol. The van der Waals surface area contributed by atoms with E-state index in [0.717, 1.165) is 6.42 Å². The monoisotopic (exact) mass is 274 g/mol. The summed E-state index contributed by atoms with van der Waals surface area (Å²) in [7, 11) is 1.84. The van der Waals surface area contributed by atoms with Crippen molar-refractivity contribution in [3.8, 4) is 0 Å². The molecule has 78 valence electrons. The van der Waals surface area contributed by atoms with Gasteiger partial charge in [-0.3, -0.25) is 0 Å². The number of rotatable bonds is 4. The summed E-state index contributed by atoms with van der Waals surface area (Å²) >= 11 is 5.56. The third-order valence-corrected chi connectivity index (χ3v) is 5.21. The fourth-order valence-electron chi connectivity index (χ4n) is 1.96. The summed E-state index contributed by atoms with van der Waals surface area (Å²) in [6.07, 6.45) is 4.86. The molecule has 0 saturated heterocycles. The van der Waals surface area contributed by atoms with Crippen LogP contribution in [0.2, 0.25) is 0 Å². The lowest BCUT2D eigenvalue weighted by Gasteiger charge is -2.41. The van der Waals surface area contributed by atoms with E-state index in [4.69, 9.17) is 4.74 Å². The zero-order chi connectivity index (χ0) is 10.0. The van der Waals surface area contributed by atoms with Crippen molar-refractivity contribution in [3.05, 3.63) is 22.4 Å². The van der Waals surface area contributed by atoms with Gasteiger partial charge in [-0.15, -0.1) is 11.3 Å². The Labute approximate surface area is 97.6 Å². The van der Waals surface area contributed by atoms with Gasteiger partial charge in [0.25, 0.3) is 0 Å². The van der Waals surface area contributed by atoms with Gasteiger partial charge >= 0.3 is 0 Å². The molecule has 0 N–H and O–H groups in total. The summed E-state index contributed by atoms with van der Waals surface area (Å²) in [5.41, 5.74) is 0.165. The Morgan fingerprint density at radius 2 is 2.43 bits per heavy atom. The SMILES string of the molecule is COC1(CC(Br)c2cccs2)CCC1. The number of thiophene rings is 1. The number of hydrogen-bond acceptors (Lipinski definition) is 2. The zero-order valence-corrected chi connectivity index (χ0v) is 10.7. The highest BCUT2D eigenvalue weighted by molar-refractivity contribution is 9.09. The summed E-state index contributed by atoms with van der Waals surface area (Å²) < 4.78 is 5.62. The Bertz CT molecular complexity index is 274. The van der Waals surface area contributed by atoms with Crippen molar-refractivity contribution in [2.24, 2.45) is 0 Å². The van der Waals surface area contributed by atoms with Gasteiger partial charge in [-0.05, 0) is 37.1 Å². The average Bonchev–Trinajstić information content (AvgIpc) is 2.63. The topological polar surface area (TPSA) is 9.23 Å². The highest BCUT2D eigenvalue weighted by Gasteiger charge is 2.38. The molecule has 0 spiro atoms. The fourth-order valence-corrected chi connectivity index (χ4v) is 3.73. The standard InChI is InChI=1S/C11H15BrOS/c1-13-11(5-3-6-11)8-9(12)10-4-2-7-14-10/h2,4,7,9H,3,5-6,8H2,1H3. The van der Waals surface area contributed by atoms with E-state index in [9.17, 15) is 0 Å². The van der Waals surface area contributed by atoms with Crippen molar-refractivity contribution in [3.63, 3.8) is 0 Å². The van der Waals surface area contributed by atoms with E-state index >= 15 is 0 Å². The van der Waals surface area contributed by atoms with Crippen LogP contribution in [0.25, 0.3) is 0 Å². The van der Waals surface area contributed by atoms with E-state index in [2.05, 4.69) is 33.4 Å². The van der Waals surface area contributed by atoms with Crippen LogP contribution in [0.1, 0.15) is 35.4 Å². The van der Waals surface area contributed by atoms with Crippen LogP contribution in [0.3, 0.4) is 0 Å². The van der Waals surface area contributed by atoms with Crippen LogP contribution in [-0.2, 0) is 4.74 Å². The lowest BCUT2D eigenvalue weighted by Crippen LogP contribution is -2.39. The van der Waals surface area contributed by atoms with E-state index in [1.165, 1.54) is 24.1 Å². The molecule has 0 aromatic carbocycles. The van der Waals surface area contributed by atoms with Crippen LogP contribution in [0.15, 0.2) is 17.5 Å². The summed E-state index contributed by atoms with van der Waals surface area (Å²) in [5, 5.41) is 2.13. The van der Waals surface area contributed by atoms with Crippen molar-refractivity contribution in [2.75, 3.05) is 7.11 Å². The first-order chi connectivity index (χ1) is 6.76. The highest BCUT2D eigenvalue weighted by atomic mass is 79.9. The average molecular weight is 275 g/mol. The number of hydrogen-bond donors (Lipinski definition) is 0. The molecule has 0 amide bonds. The van der Waals surface area contributed by atoms with Crippen molar-refractivity contribution in [1.29, 1.82) is 0 Å². The molecule has 14 heavy (non-hydrogen) atoms. The van der Waals surface area contributed by atoms with Crippen LogP contribution in [0.4, 0.5) is 0 Å². The van der Waals surface area contributed by atoms with Gasteiger partial charge < -0.3 is 4.74 Å². The first-order valence-corrected chi connectivity index (χ1v) is 6.78. The molecule has 0 bridgehead atoms. The Kier molecular flexibility index (Phi) is 3.30. The molecular weight excluding hydrogens is 260 g/mol. The van der Waals surface area contributed by atoms with E-state index in [-0.39, 0.29) is 5.60 Å². The summed E-state index contributed by atoms with van der Waals surface area (Å²) in [5.74, 6) is 0. The molecular formula is C11H15BrOS. The van der Waals surface area contributed by atoms with Crippen LogP contribution in [0.5, 0.6) is 0 Å². The van der Waals surface area contributed by atoms with E-state index in [1.54, 1.807) is 0 Å². The van der Waals surface area contributed by atoms with Gasteiger partial charge in [0.1, 0.15) is 0 Å². The second-order valence-electron chi connectivity index (χ2n) is 3.93. The van der Waals surface area contributed by atoms with Crippen LogP contribution in [-0.4, -0.2) is 12.7 Å². The maximum absolute atomic E-state index is 5.62. The maximum atomic E-state index is 5.62. The van der Waals surface area contributed by atoms with E-state index in [1.807, 2.05) is 18.4 Å². The Morgan fingerprint density at radius 3 is 2.86 bits per heavy atom. The summed E-state index contributed by atoms with van der Waals surface area (Å²) in [4.78, 5) is 1.87. The normalized spacial score (nSPS) is 21.6. The fraction of sp³-hybridized carbons (Fsp3) is 0.636. The van der Waals surface area contributed by atoms with Gasteiger partial charge in [-0.25, -0.2) is 0 Å². The third kappa shape index (κ3) is 2.05. The molecule has 1 heterocycles. The second kappa shape index (κ2) is 4.33. The highest BCUT2D eigenvalue weighted by Crippen LogP contribution is 2.45. The van der Waals surface area contributed by atoms with E-state index < -0.39 is 0 Å². The van der Waals surface area contributed by atoms with Crippen molar-refractivity contribution < 1.29 is 4.74 Å². The molecule has 0 radical (unpaired) electrons. The van der Waals surface area contributed by atoms with Crippen molar-refractivity contribution in [1.82, 2.24) is 0 Å². The van der Waals surface area contributed by atoms with Gasteiger partial charge in [0.2, 0.25) is 0 Å². The Hall–Kier alpha value is 0.140. The number of halogens is 1. The van der Waals surface area contributed by atoms with Crippen molar-refractivity contribution in [2.45, 2.75) is 36.1 Å². The van der Waals surface area contributed by atoms with Gasteiger partial charge in [-0.1, -0.05) is 22.0 Å². The van der Waals surface area contributed by atoms with E-state index in [0.29, 0.717) is 4.83 Å². The minimum atomic E-state index is 0.165. The van der Waals surface area contributed by atoms with Gasteiger partial charge in [0, 0.05) is 12.0 Å². The largest absolute Gasteiger partial charge is 0.378 e. The number of ether oxygens (including phenoxy) is 1. The molecule has 1 aliphatic carbocycles. The van der Waals surface area contributed by atoms with Crippen LogP contribution < -0.4 is 0 Å². The predicted octanol–water partition coefficient (Wildman–Crippen LogP) is 4.14. The molecule has 3 heteroatoms. The Balaban J connectivity index is 1.97. The molecule has 1 atom stereocenters. The lowest BCUT2D eigenvalue weighted by atomic mass is 9.76. The minimum Gasteiger partial charge on any atom is -0.378 e. The Morgan fingerprint density at radius 1 is 1.64 bits per heavy atom. The van der Waals surface area contributed by atoms with Crippen LogP contribution in [0, 0.1) is 0 Å². The molecule has 1 aromatic heterocycles. The third-order valence-electron chi connectivity index (χ3n) is 3.10. The summed E-state index contributed by atoms with van der Waals surface area (Å²) in [6.45, 7) is 0. The molecule has 1 saturated carbocycles. The lowest BCUT2D eigenvalue weighted by molar-refractivity contribution is -0.0772. The van der Waals surface area contributed by atoms with Crippen molar-refractivity contribution >= 4 is 27.3 Å². The molecule has 1 fully saturated rings.